The van der Waals surface area contributed by atoms with Crippen LogP contribution in [0.1, 0.15) is 57.9 Å². The highest BCUT2D eigenvalue weighted by atomic mass is 16.5. The first-order chi connectivity index (χ1) is 13.0. The largest absolute Gasteiger partial charge is 0.494 e. The van der Waals surface area contributed by atoms with E-state index in [2.05, 4.69) is 22.3 Å². The molecule has 4 nitrogen and oxygen atoms in total. The Balaban J connectivity index is 1.34. The molecule has 4 heteroatoms. The van der Waals surface area contributed by atoms with Gasteiger partial charge in [0.25, 0.3) is 0 Å². The van der Waals surface area contributed by atoms with Crippen LogP contribution in [0.15, 0.2) is 24.3 Å². The molecule has 0 saturated heterocycles. The SMILES string of the molecule is CCOc1ccc(CN(C)C(C)C(=O)NC23CC4CC(CC(C4)C2)C3)cc1. The fourth-order valence-electron chi connectivity index (χ4n) is 6.11. The van der Waals surface area contributed by atoms with Crippen LogP contribution in [0.5, 0.6) is 5.75 Å². The fourth-order valence-corrected chi connectivity index (χ4v) is 6.11. The molecule has 148 valence electrons. The molecule has 1 N–H and O–H groups in total. The van der Waals surface area contributed by atoms with E-state index in [1.807, 2.05) is 33.0 Å². The van der Waals surface area contributed by atoms with Crippen LogP contribution in [0, 0.1) is 17.8 Å². The summed E-state index contributed by atoms with van der Waals surface area (Å²) in [5, 5.41) is 3.52. The van der Waals surface area contributed by atoms with E-state index in [-0.39, 0.29) is 17.5 Å². The summed E-state index contributed by atoms with van der Waals surface area (Å²) in [7, 11) is 2.04. The van der Waals surface area contributed by atoms with Crippen molar-refractivity contribution in [3.63, 3.8) is 0 Å². The molecule has 0 spiro atoms. The van der Waals surface area contributed by atoms with Gasteiger partial charge >= 0.3 is 0 Å². The third-order valence-corrected chi connectivity index (χ3v) is 7.13. The molecule has 1 amide bonds. The Morgan fingerprint density at radius 2 is 1.70 bits per heavy atom. The molecule has 0 aromatic heterocycles. The average Bonchev–Trinajstić information content (AvgIpc) is 2.61. The summed E-state index contributed by atoms with van der Waals surface area (Å²) in [6.07, 6.45) is 7.84. The quantitative estimate of drug-likeness (QED) is 0.789. The lowest BCUT2D eigenvalue weighted by molar-refractivity contribution is -0.131. The minimum Gasteiger partial charge on any atom is -0.494 e. The van der Waals surface area contributed by atoms with Gasteiger partial charge in [-0.1, -0.05) is 12.1 Å². The van der Waals surface area contributed by atoms with Crippen LogP contribution in [0.3, 0.4) is 0 Å². The first-order valence-corrected chi connectivity index (χ1v) is 10.7. The number of benzene rings is 1. The minimum atomic E-state index is -0.121. The molecule has 1 unspecified atom stereocenters. The Bertz CT molecular complexity index is 634. The van der Waals surface area contributed by atoms with E-state index in [4.69, 9.17) is 4.74 Å². The summed E-state index contributed by atoms with van der Waals surface area (Å²) in [5.74, 6) is 3.66. The van der Waals surface area contributed by atoms with E-state index in [0.29, 0.717) is 6.61 Å². The molecule has 4 fully saturated rings. The number of ether oxygens (including phenoxy) is 1. The van der Waals surface area contributed by atoms with Crippen LogP contribution in [0.4, 0.5) is 0 Å². The van der Waals surface area contributed by atoms with Gasteiger partial charge in [-0.2, -0.15) is 0 Å². The molecule has 1 aromatic carbocycles. The van der Waals surface area contributed by atoms with Gasteiger partial charge in [0.05, 0.1) is 12.6 Å². The molecular formula is C23H34N2O2. The number of carbonyl (C=O) groups is 1. The van der Waals surface area contributed by atoms with Gasteiger partial charge in [0.1, 0.15) is 5.75 Å². The second-order valence-electron chi connectivity index (χ2n) is 9.36. The summed E-state index contributed by atoms with van der Waals surface area (Å²) in [6.45, 7) is 5.47. The normalized spacial score (nSPS) is 32.5. The number of amides is 1. The Labute approximate surface area is 163 Å². The summed E-state index contributed by atoms with van der Waals surface area (Å²) >= 11 is 0. The monoisotopic (exact) mass is 370 g/mol. The van der Waals surface area contributed by atoms with E-state index in [0.717, 1.165) is 30.0 Å². The standard InChI is InChI=1S/C23H34N2O2/c1-4-27-21-7-5-17(6-8-21)15-25(3)16(2)22(26)24-23-12-18-9-19(13-23)11-20(10-18)14-23/h5-8,16,18-20H,4,9-15H2,1-3H3,(H,24,26). The number of nitrogens with zero attached hydrogens (tertiary/aromatic N) is 1. The lowest BCUT2D eigenvalue weighted by atomic mass is 9.53. The number of carbonyl (C=O) groups excluding carboxylic acids is 1. The third-order valence-electron chi connectivity index (χ3n) is 7.13. The van der Waals surface area contributed by atoms with Gasteiger partial charge in [0.2, 0.25) is 5.91 Å². The Kier molecular flexibility index (Phi) is 5.19. The molecule has 5 rings (SSSR count). The van der Waals surface area contributed by atoms with E-state index >= 15 is 0 Å². The zero-order valence-electron chi connectivity index (χ0n) is 17.0. The first-order valence-electron chi connectivity index (χ1n) is 10.7. The summed E-state index contributed by atoms with van der Waals surface area (Å²) in [5.41, 5.74) is 1.30. The highest BCUT2D eigenvalue weighted by Gasteiger charge is 2.51. The molecule has 1 atom stereocenters. The van der Waals surface area contributed by atoms with E-state index in [9.17, 15) is 4.79 Å². The molecule has 1 aromatic rings. The van der Waals surface area contributed by atoms with Gasteiger partial charge in [0.15, 0.2) is 0 Å². The number of hydrogen-bond donors (Lipinski definition) is 1. The molecular weight excluding hydrogens is 336 g/mol. The number of likely N-dealkylation sites (N-methyl/N-ethyl adjacent to an activating group) is 1. The predicted octanol–water partition coefficient (Wildman–Crippen LogP) is 3.99. The molecule has 0 aliphatic heterocycles. The number of hydrogen-bond acceptors (Lipinski definition) is 3. The van der Waals surface area contributed by atoms with Gasteiger partial charge in [-0.25, -0.2) is 0 Å². The maximum atomic E-state index is 13.0. The van der Waals surface area contributed by atoms with Crippen molar-refractivity contribution >= 4 is 5.91 Å². The highest BCUT2D eigenvalue weighted by molar-refractivity contribution is 5.82. The molecule has 4 bridgehead atoms. The number of nitrogens with one attached hydrogen (secondary N) is 1. The fraction of sp³-hybridized carbons (Fsp3) is 0.696. The van der Waals surface area contributed by atoms with Crippen molar-refractivity contribution in [1.29, 1.82) is 0 Å². The zero-order valence-corrected chi connectivity index (χ0v) is 17.0. The van der Waals surface area contributed by atoms with Crippen molar-refractivity contribution in [3.05, 3.63) is 29.8 Å². The highest BCUT2D eigenvalue weighted by Crippen LogP contribution is 2.55. The van der Waals surface area contributed by atoms with Crippen molar-refractivity contribution in [2.75, 3.05) is 13.7 Å². The van der Waals surface area contributed by atoms with Crippen molar-refractivity contribution in [2.45, 2.75) is 70.5 Å². The van der Waals surface area contributed by atoms with Gasteiger partial charge in [-0.3, -0.25) is 9.69 Å². The Hall–Kier alpha value is -1.55. The van der Waals surface area contributed by atoms with Crippen LogP contribution in [0.25, 0.3) is 0 Å². The summed E-state index contributed by atoms with van der Waals surface area (Å²) < 4.78 is 5.51. The third kappa shape index (κ3) is 4.01. The number of rotatable bonds is 7. The summed E-state index contributed by atoms with van der Waals surface area (Å²) in [6, 6.07) is 8.07. The van der Waals surface area contributed by atoms with E-state index in [1.54, 1.807) is 0 Å². The topological polar surface area (TPSA) is 41.6 Å². The van der Waals surface area contributed by atoms with Crippen LogP contribution >= 0.6 is 0 Å². The average molecular weight is 371 g/mol. The van der Waals surface area contributed by atoms with Crippen molar-refractivity contribution in [1.82, 2.24) is 10.2 Å². The second-order valence-corrected chi connectivity index (χ2v) is 9.36. The molecule has 27 heavy (non-hydrogen) atoms. The van der Waals surface area contributed by atoms with Crippen molar-refractivity contribution in [3.8, 4) is 5.75 Å². The Morgan fingerprint density at radius 1 is 1.15 bits per heavy atom. The molecule has 0 radical (unpaired) electrons. The lowest BCUT2D eigenvalue weighted by Crippen LogP contribution is -2.62. The lowest BCUT2D eigenvalue weighted by Gasteiger charge is -2.57. The predicted molar refractivity (Wildman–Crippen MR) is 108 cm³/mol. The molecule has 4 aliphatic carbocycles. The van der Waals surface area contributed by atoms with Crippen molar-refractivity contribution in [2.24, 2.45) is 17.8 Å². The minimum absolute atomic E-state index is 0.0973. The maximum Gasteiger partial charge on any atom is 0.237 e. The van der Waals surface area contributed by atoms with Gasteiger partial charge < -0.3 is 10.1 Å². The van der Waals surface area contributed by atoms with Crippen LogP contribution in [0.2, 0.25) is 0 Å². The zero-order chi connectivity index (χ0) is 19.0. The smallest absolute Gasteiger partial charge is 0.237 e. The van der Waals surface area contributed by atoms with Gasteiger partial charge in [-0.05, 0) is 94.9 Å². The van der Waals surface area contributed by atoms with Gasteiger partial charge in [-0.15, -0.1) is 0 Å². The molecule has 0 heterocycles. The van der Waals surface area contributed by atoms with Crippen LogP contribution < -0.4 is 10.1 Å². The van der Waals surface area contributed by atoms with Gasteiger partial charge in [0, 0.05) is 12.1 Å². The summed E-state index contributed by atoms with van der Waals surface area (Å²) in [4.78, 5) is 15.2. The second kappa shape index (κ2) is 7.46. The Morgan fingerprint density at radius 3 is 2.22 bits per heavy atom. The molecule has 4 aliphatic rings. The first kappa shape index (κ1) is 18.8. The van der Waals surface area contributed by atoms with Crippen molar-refractivity contribution < 1.29 is 9.53 Å². The van der Waals surface area contributed by atoms with E-state index in [1.165, 1.54) is 44.1 Å². The molecule has 4 saturated carbocycles. The van der Waals surface area contributed by atoms with Crippen LogP contribution in [-0.2, 0) is 11.3 Å². The maximum absolute atomic E-state index is 13.0. The van der Waals surface area contributed by atoms with Crippen LogP contribution in [-0.4, -0.2) is 36.0 Å². The van der Waals surface area contributed by atoms with E-state index < -0.39 is 0 Å².